The molecule has 0 aliphatic carbocycles. The number of hydrogen-bond donors (Lipinski definition) is 0. The van der Waals surface area contributed by atoms with E-state index in [2.05, 4.69) is 20.3 Å². The van der Waals surface area contributed by atoms with Gasteiger partial charge in [0, 0.05) is 6.54 Å². The quantitative estimate of drug-likeness (QED) is 0.766. The largest absolute Gasteiger partial charge is 0.484 e. The maximum atomic E-state index is 5.55. The molecule has 2 aromatic rings. The maximum absolute atomic E-state index is 5.55. The molecular weight excluding hydrogens is 206 g/mol. The summed E-state index contributed by atoms with van der Waals surface area (Å²) in [6.07, 6.45) is 4.72. The zero-order valence-corrected chi connectivity index (χ0v) is 9.29. The minimum atomic E-state index is 0.431. The van der Waals surface area contributed by atoms with Crippen molar-refractivity contribution in [2.24, 2.45) is 0 Å². The number of aryl methyl sites for hydroxylation is 2. The number of rotatable bonds is 4. The van der Waals surface area contributed by atoms with Gasteiger partial charge in [0.15, 0.2) is 5.75 Å². The highest BCUT2D eigenvalue weighted by molar-refractivity contribution is 5.13. The summed E-state index contributed by atoms with van der Waals surface area (Å²) in [6.45, 7) is 5.15. The minimum absolute atomic E-state index is 0.431. The van der Waals surface area contributed by atoms with E-state index < -0.39 is 0 Å². The Kier molecular flexibility index (Phi) is 3.09. The molecule has 2 rings (SSSR count). The highest BCUT2D eigenvalue weighted by Crippen LogP contribution is 2.10. The second-order valence-electron chi connectivity index (χ2n) is 3.30. The molecule has 2 aromatic heterocycles. The standard InChI is InChI=1S/C10H13N5O/c1-3-15-10(8(2)13-14-15)6-16-9-4-11-7-12-5-9/h4-5,7H,3,6H2,1-2H3. The molecule has 0 aliphatic rings. The van der Waals surface area contributed by atoms with Crippen molar-refractivity contribution in [2.75, 3.05) is 0 Å². The van der Waals surface area contributed by atoms with E-state index in [1.54, 1.807) is 12.4 Å². The highest BCUT2D eigenvalue weighted by atomic mass is 16.5. The Balaban J connectivity index is 2.07. The van der Waals surface area contributed by atoms with Gasteiger partial charge in [-0.25, -0.2) is 14.6 Å². The van der Waals surface area contributed by atoms with E-state index >= 15 is 0 Å². The smallest absolute Gasteiger partial charge is 0.156 e. The van der Waals surface area contributed by atoms with E-state index in [1.807, 2.05) is 18.5 Å². The minimum Gasteiger partial charge on any atom is -0.484 e. The number of nitrogens with zero attached hydrogens (tertiary/aromatic N) is 5. The predicted octanol–water partition coefficient (Wildman–Crippen LogP) is 0.975. The van der Waals surface area contributed by atoms with Crippen molar-refractivity contribution in [3.63, 3.8) is 0 Å². The lowest BCUT2D eigenvalue weighted by molar-refractivity contribution is 0.289. The zero-order valence-electron chi connectivity index (χ0n) is 9.29. The van der Waals surface area contributed by atoms with Crippen LogP contribution in [-0.2, 0) is 13.2 Å². The average Bonchev–Trinajstić information content (AvgIpc) is 2.69. The van der Waals surface area contributed by atoms with Crippen LogP contribution in [0.4, 0.5) is 0 Å². The molecule has 84 valence electrons. The van der Waals surface area contributed by atoms with Gasteiger partial charge in [0.1, 0.15) is 12.9 Å². The monoisotopic (exact) mass is 219 g/mol. The van der Waals surface area contributed by atoms with Gasteiger partial charge in [0.25, 0.3) is 0 Å². The first-order valence-electron chi connectivity index (χ1n) is 5.08. The van der Waals surface area contributed by atoms with Gasteiger partial charge >= 0.3 is 0 Å². The van der Waals surface area contributed by atoms with Crippen molar-refractivity contribution in [2.45, 2.75) is 27.0 Å². The van der Waals surface area contributed by atoms with Crippen LogP contribution < -0.4 is 4.74 Å². The van der Waals surface area contributed by atoms with E-state index in [-0.39, 0.29) is 0 Å². The zero-order chi connectivity index (χ0) is 11.4. The molecule has 0 amide bonds. The molecule has 0 saturated heterocycles. The Morgan fingerprint density at radius 2 is 2.06 bits per heavy atom. The number of ether oxygens (including phenoxy) is 1. The number of aromatic nitrogens is 5. The first-order chi connectivity index (χ1) is 7.81. The Bertz CT molecular complexity index is 453. The molecule has 0 bridgehead atoms. The molecule has 0 aliphatic heterocycles. The van der Waals surface area contributed by atoms with Crippen LogP contribution in [0.5, 0.6) is 5.75 Å². The fourth-order valence-electron chi connectivity index (χ4n) is 1.36. The van der Waals surface area contributed by atoms with E-state index in [0.29, 0.717) is 12.4 Å². The van der Waals surface area contributed by atoms with Gasteiger partial charge in [0.2, 0.25) is 0 Å². The molecule has 0 atom stereocenters. The van der Waals surface area contributed by atoms with Crippen molar-refractivity contribution in [1.82, 2.24) is 25.0 Å². The Hall–Kier alpha value is -1.98. The Morgan fingerprint density at radius 1 is 1.31 bits per heavy atom. The van der Waals surface area contributed by atoms with Crippen LogP contribution in [0.2, 0.25) is 0 Å². The van der Waals surface area contributed by atoms with Crippen molar-refractivity contribution in [3.05, 3.63) is 30.1 Å². The van der Waals surface area contributed by atoms with Gasteiger partial charge < -0.3 is 4.74 Å². The van der Waals surface area contributed by atoms with Crippen LogP contribution in [-0.4, -0.2) is 25.0 Å². The summed E-state index contributed by atoms with van der Waals surface area (Å²) in [6, 6.07) is 0. The van der Waals surface area contributed by atoms with Gasteiger partial charge in [-0.1, -0.05) is 5.21 Å². The lowest BCUT2D eigenvalue weighted by Gasteiger charge is -2.06. The topological polar surface area (TPSA) is 65.7 Å². The molecule has 0 fully saturated rings. The molecule has 16 heavy (non-hydrogen) atoms. The van der Waals surface area contributed by atoms with Gasteiger partial charge in [-0.3, -0.25) is 0 Å². The molecule has 0 unspecified atom stereocenters. The van der Waals surface area contributed by atoms with Crippen LogP contribution in [0.25, 0.3) is 0 Å². The predicted molar refractivity (Wildman–Crippen MR) is 56.8 cm³/mol. The van der Waals surface area contributed by atoms with Crippen molar-refractivity contribution in [1.29, 1.82) is 0 Å². The summed E-state index contributed by atoms with van der Waals surface area (Å²) in [7, 11) is 0. The molecule has 0 N–H and O–H groups in total. The summed E-state index contributed by atoms with van der Waals surface area (Å²) in [5.41, 5.74) is 1.87. The third-order valence-corrected chi connectivity index (χ3v) is 2.24. The maximum Gasteiger partial charge on any atom is 0.156 e. The molecule has 2 heterocycles. The van der Waals surface area contributed by atoms with Gasteiger partial charge in [0.05, 0.1) is 23.8 Å². The van der Waals surface area contributed by atoms with E-state index in [9.17, 15) is 0 Å². The van der Waals surface area contributed by atoms with E-state index in [0.717, 1.165) is 17.9 Å². The molecule has 0 spiro atoms. The molecular formula is C10H13N5O. The van der Waals surface area contributed by atoms with Crippen LogP contribution >= 0.6 is 0 Å². The summed E-state index contributed by atoms with van der Waals surface area (Å²) in [4.78, 5) is 7.75. The van der Waals surface area contributed by atoms with Crippen molar-refractivity contribution in [3.8, 4) is 5.75 Å². The van der Waals surface area contributed by atoms with Crippen LogP contribution in [0.15, 0.2) is 18.7 Å². The van der Waals surface area contributed by atoms with E-state index in [4.69, 9.17) is 4.74 Å². The summed E-state index contributed by atoms with van der Waals surface area (Å²) < 4.78 is 7.37. The van der Waals surface area contributed by atoms with Gasteiger partial charge in [-0.15, -0.1) is 5.10 Å². The van der Waals surface area contributed by atoms with Gasteiger partial charge in [-0.05, 0) is 13.8 Å². The number of hydrogen-bond acceptors (Lipinski definition) is 5. The molecule has 6 heteroatoms. The van der Waals surface area contributed by atoms with Crippen LogP contribution in [0.1, 0.15) is 18.3 Å². The molecule has 0 radical (unpaired) electrons. The summed E-state index contributed by atoms with van der Waals surface area (Å²) >= 11 is 0. The van der Waals surface area contributed by atoms with Crippen LogP contribution in [0.3, 0.4) is 0 Å². The Labute approximate surface area is 93.3 Å². The highest BCUT2D eigenvalue weighted by Gasteiger charge is 2.08. The fourth-order valence-corrected chi connectivity index (χ4v) is 1.36. The van der Waals surface area contributed by atoms with Crippen molar-refractivity contribution >= 4 is 0 Å². The Morgan fingerprint density at radius 3 is 2.75 bits per heavy atom. The molecule has 0 saturated carbocycles. The fraction of sp³-hybridized carbons (Fsp3) is 0.400. The summed E-state index contributed by atoms with van der Waals surface area (Å²) in [5.74, 6) is 0.644. The van der Waals surface area contributed by atoms with Gasteiger partial charge in [-0.2, -0.15) is 0 Å². The second kappa shape index (κ2) is 4.69. The second-order valence-corrected chi connectivity index (χ2v) is 3.30. The average molecular weight is 219 g/mol. The van der Waals surface area contributed by atoms with Crippen LogP contribution in [0, 0.1) is 6.92 Å². The lowest BCUT2D eigenvalue weighted by Crippen LogP contribution is -2.07. The normalized spacial score (nSPS) is 10.4. The molecule has 6 nitrogen and oxygen atoms in total. The summed E-state index contributed by atoms with van der Waals surface area (Å²) in [5, 5.41) is 8.00. The third-order valence-electron chi connectivity index (χ3n) is 2.24. The van der Waals surface area contributed by atoms with E-state index in [1.165, 1.54) is 6.33 Å². The lowest BCUT2D eigenvalue weighted by atomic mass is 10.3. The SMILES string of the molecule is CCn1nnc(C)c1COc1cncnc1. The third kappa shape index (κ3) is 2.16. The molecule has 0 aromatic carbocycles. The van der Waals surface area contributed by atoms with Crippen molar-refractivity contribution < 1.29 is 4.74 Å². The first kappa shape index (κ1) is 10.5. The first-order valence-corrected chi connectivity index (χ1v) is 5.08.